The highest BCUT2D eigenvalue weighted by Crippen LogP contribution is 2.31. The maximum absolute atomic E-state index is 13.1. The third-order valence-electron chi connectivity index (χ3n) is 4.42. The van der Waals surface area contributed by atoms with E-state index in [4.69, 9.17) is 4.74 Å². The SMILES string of the molecule is C=N/C(OCC(C)(C)C(=O)N[C@H]1C[C@@H](C)N(C)C1)=C(\C=C/C)C(F)(F)F. The molecular weight excluding hydrogens is 347 g/mol. The van der Waals surface area contributed by atoms with Crippen LogP contribution in [0.5, 0.6) is 0 Å². The molecule has 0 aromatic rings. The van der Waals surface area contributed by atoms with Crippen LogP contribution in [-0.2, 0) is 9.53 Å². The van der Waals surface area contributed by atoms with E-state index in [1.807, 2.05) is 7.05 Å². The number of carbonyl (C=O) groups excluding carboxylic acids is 1. The molecule has 0 bridgehead atoms. The van der Waals surface area contributed by atoms with Crippen molar-refractivity contribution in [2.45, 2.75) is 52.4 Å². The second-order valence-corrected chi connectivity index (χ2v) is 7.24. The number of likely N-dealkylation sites (N-methyl/N-ethyl adjacent to an activating group) is 1. The zero-order valence-electron chi connectivity index (χ0n) is 16.0. The van der Waals surface area contributed by atoms with Crippen molar-refractivity contribution in [3.05, 3.63) is 23.6 Å². The summed E-state index contributed by atoms with van der Waals surface area (Å²) < 4.78 is 44.6. The van der Waals surface area contributed by atoms with Crippen LogP contribution in [0.25, 0.3) is 0 Å². The van der Waals surface area contributed by atoms with Crippen LogP contribution in [0.2, 0.25) is 0 Å². The van der Waals surface area contributed by atoms with Gasteiger partial charge >= 0.3 is 6.18 Å². The number of carbonyl (C=O) groups is 1. The van der Waals surface area contributed by atoms with Crippen molar-refractivity contribution < 1.29 is 22.7 Å². The summed E-state index contributed by atoms with van der Waals surface area (Å²) in [7, 11) is 1.98. The third-order valence-corrected chi connectivity index (χ3v) is 4.42. The van der Waals surface area contributed by atoms with Crippen molar-refractivity contribution in [3.8, 4) is 0 Å². The summed E-state index contributed by atoms with van der Waals surface area (Å²) in [6, 6.07) is 0.386. The number of likely N-dealkylation sites (tertiary alicyclic amines) is 1. The molecule has 0 radical (unpaired) electrons. The molecule has 0 aromatic heterocycles. The molecule has 1 amide bonds. The van der Waals surface area contributed by atoms with Gasteiger partial charge in [-0.15, -0.1) is 0 Å². The van der Waals surface area contributed by atoms with Crippen molar-refractivity contribution in [1.29, 1.82) is 0 Å². The number of rotatable bonds is 7. The van der Waals surface area contributed by atoms with Crippen molar-refractivity contribution in [3.63, 3.8) is 0 Å². The van der Waals surface area contributed by atoms with E-state index in [1.54, 1.807) is 13.8 Å². The lowest BCUT2D eigenvalue weighted by Gasteiger charge is -2.26. The number of alkyl halides is 3. The summed E-state index contributed by atoms with van der Waals surface area (Å²) in [4.78, 5) is 18.0. The lowest BCUT2D eigenvalue weighted by molar-refractivity contribution is -0.132. The molecular formula is C18H28F3N3O2. The Balaban J connectivity index is 2.81. The Morgan fingerprint density at radius 1 is 1.42 bits per heavy atom. The predicted octanol–water partition coefficient (Wildman–Crippen LogP) is 3.29. The topological polar surface area (TPSA) is 53.9 Å². The first-order valence-corrected chi connectivity index (χ1v) is 8.47. The monoisotopic (exact) mass is 375 g/mol. The molecule has 1 aliphatic heterocycles. The van der Waals surface area contributed by atoms with E-state index in [-0.39, 0.29) is 18.6 Å². The lowest BCUT2D eigenvalue weighted by atomic mass is 9.93. The number of allylic oxidation sites excluding steroid dienone is 3. The highest BCUT2D eigenvalue weighted by atomic mass is 19.4. The quantitative estimate of drug-likeness (QED) is 0.422. The first kappa shape index (κ1) is 22.2. The smallest absolute Gasteiger partial charge is 0.421 e. The Kier molecular flexibility index (Phi) is 7.44. The molecule has 26 heavy (non-hydrogen) atoms. The third kappa shape index (κ3) is 5.86. The molecule has 0 aromatic carbocycles. The molecule has 0 aliphatic carbocycles. The first-order chi connectivity index (χ1) is 11.9. The van der Waals surface area contributed by atoms with Gasteiger partial charge in [0.15, 0.2) is 0 Å². The van der Waals surface area contributed by atoms with Crippen molar-refractivity contribution >= 4 is 12.6 Å². The van der Waals surface area contributed by atoms with E-state index in [9.17, 15) is 18.0 Å². The molecule has 0 unspecified atom stereocenters. The Morgan fingerprint density at radius 2 is 2.04 bits per heavy atom. The van der Waals surface area contributed by atoms with Gasteiger partial charge in [-0.25, -0.2) is 4.99 Å². The van der Waals surface area contributed by atoms with Crippen molar-refractivity contribution in [1.82, 2.24) is 10.2 Å². The molecule has 1 N–H and O–H groups in total. The van der Waals surface area contributed by atoms with Gasteiger partial charge in [0.2, 0.25) is 11.8 Å². The molecule has 1 saturated heterocycles. The number of aliphatic imine (C=N–C) groups is 1. The number of nitrogens with zero attached hydrogens (tertiary/aromatic N) is 2. The highest BCUT2D eigenvalue weighted by Gasteiger charge is 2.38. The molecule has 5 nitrogen and oxygen atoms in total. The summed E-state index contributed by atoms with van der Waals surface area (Å²) in [5.41, 5.74) is -2.05. The second kappa shape index (κ2) is 8.70. The molecule has 1 rings (SSSR count). The summed E-state index contributed by atoms with van der Waals surface area (Å²) in [6.45, 7) is 10.4. The zero-order chi connectivity index (χ0) is 20.1. The fraction of sp³-hybridized carbons (Fsp3) is 0.667. The van der Waals surface area contributed by atoms with E-state index in [0.29, 0.717) is 6.04 Å². The minimum Gasteiger partial charge on any atom is -0.476 e. The minimum absolute atomic E-state index is 0.0167. The average Bonchev–Trinajstić information content (AvgIpc) is 2.83. The van der Waals surface area contributed by atoms with Crippen molar-refractivity contribution in [2.75, 3.05) is 20.2 Å². The van der Waals surface area contributed by atoms with Crippen LogP contribution < -0.4 is 5.32 Å². The molecule has 0 spiro atoms. The summed E-state index contributed by atoms with van der Waals surface area (Å²) >= 11 is 0. The second-order valence-electron chi connectivity index (χ2n) is 7.24. The fourth-order valence-electron chi connectivity index (χ4n) is 2.66. The standard InChI is InChI=1S/C18H28F3N3O2/c1-7-8-14(18(19,20)21)15(22-5)26-11-17(3,4)16(25)23-13-9-12(2)24(6)10-13/h7-8,12-13H,5,9-11H2,1-4,6H3,(H,23,25)/b8-7-,15-14-/t12-,13+/m1/s1. The van der Waals surface area contributed by atoms with Gasteiger partial charge in [0.05, 0.1) is 5.41 Å². The van der Waals surface area contributed by atoms with E-state index in [1.165, 1.54) is 13.0 Å². The normalized spacial score (nSPS) is 23.1. The number of nitrogens with one attached hydrogen (secondary N) is 1. The molecule has 148 valence electrons. The van der Waals surface area contributed by atoms with Gasteiger partial charge in [0, 0.05) is 18.6 Å². The van der Waals surface area contributed by atoms with E-state index in [0.717, 1.165) is 19.0 Å². The van der Waals surface area contributed by atoms with Gasteiger partial charge in [-0.05, 0) is 54.0 Å². The van der Waals surface area contributed by atoms with Gasteiger partial charge in [-0.3, -0.25) is 4.79 Å². The molecule has 1 heterocycles. The Morgan fingerprint density at radius 3 is 2.46 bits per heavy atom. The highest BCUT2D eigenvalue weighted by molar-refractivity contribution is 5.82. The number of hydrogen-bond acceptors (Lipinski definition) is 4. The average molecular weight is 375 g/mol. The Labute approximate surface area is 153 Å². The number of hydrogen-bond donors (Lipinski definition) is 1. The first-order valence-electron chi connectivity index (χ1n) is 8.47. The van der Waals surface area contributed by atoms with E-state index in [2.05, 4.69) is 28.9 Å². The largest absolute Gasteiger partial charge is 0.476 e. The Hall–Kier alpha value is -1.83. The van der Waals surface area contributed by atoms with Gasteiger partial charge in [-0.1, -0.05) is 6.08 Å². The van der Waals surface area contributed by atoms with Crippen LogP contribution in [0.15, 0.2) is 28.6 Å². The number of halogens is 3. The lowest BCUT2D eigenvalue weighted by Crippen LogP contribution is -2.45. The maximum Gasteiger partial charge on any atom is 0.421 e. The maximum atomic E-state index is 13.1. The van der Waals surface area contributed by atoms with Crippen molar-refractivity contribution in [2.24, 2.45) is 10.4 Å². The minimum atomic E-state index is -4.62. The molecule has 0 saturated carbocycles. The van der Waals surface area contributed by atoms with Gasteiger partial charge in [-0.2, -0.15) is 13.2 Å². The van der Waals surface area contributed by atoms with Gasteiger partial charge in [0.1, 0.15) is 12.2 Å². The summed E-state index contributed by atoms with van der Waals surface area (Å²) in [6.07, 6.45) is -1.68. The molecule has 2 atom stereocenters. The zero-order valence-corrected chi connectivity index (χ0v) is 16.0. The van der Waals surface area contributed by atoms with Crippen LogP contribution in [0.4, 0.5) is 13.2 Å². The van der Waals surface area contributed by atoms with Crippen LogP contribution in [0.3, 0.4) is 0 Å². The van der Waals surface area contributed by atoms with Gasteiger partial charge in [0.25, 0.3) is 0 Å². The molecule has 8 heteroatoms. The fourth-order valence-corrected chi connectivity index (χ4v) is 2.66. The molecule has 1 aliphatic rings. The summed E-state index contributed by atoms with van der Waals surface area (Å²) in [5, 5.41) is 2.95. The van der Waals surface area contributed by atoms with Crippen LogP contribution in [0, 0.1) is 5.41 Å². The van der Waals surface area contributed by atoms with E-state index < -0.39 is 23.0 Å². The van der Waals surface area contributed by atoms with Crippen LogP contribution >= 0.6 is 0 Å². The van der Waals surface area contributed by atoms with E-state index >= 15 is 0 Å². The Bertz CT molecular complexity index is 573. The van der Waals surface area contributed by atoms with Crippen LogP contribution in [-0.4, -0.2) is 56.0 Å². The number of ether oxygens (including phenoxy) is 1. The summed E-state index contributed by atoms with van der Waals surface area (Å²) in [5.74, 6) is -0.904. The predicted molar refractivity (Wildman–Crippen MR) is 95.8 cm³/mol. The number of amides is 1. The van der Waals surface area contributed by atoms with Gasteiger partial charge < -0.3 is 15.0 Å². The molecule has 1 fully saturated rings. The van der Waals surface area contributed by atoms with Crippen LogP contribution in [0.1, 0.15) is 34.1 Å².